The smallest absolute Gasteiger partial charge is 0.407 e. The molecule has 25 heavy (non-hydrogen) atoms. The molecule has 1 heterocycles. The number of nitrogens with one attached hydrogen (secondary N) is 1. The summed E-state index contributed by atoms with van der Waals surface area (Å²) in [5.74, 6) is 0. The standard InChI is InChI=1S/C17H20BrN3O4/c1-10(20-16(22)25-17(2,3)4)14(18)13-6-5-11-9-19-8-7-12(11)15(13)21(23)24/h5-10,14H,1-4H3,(H,20,22). The highest BCUT2D eigenvalue weighted by molar-refractivity contribution is 9.09. The van der Waals surface area contributed by atoms with E-state index in [1.165, 1.54) is 6.20 Å². The molecule has 0 radical (unpaired) electrons. The topological polar surface area (TPSA) is 94.4 Å². The van der Waals surface area contributed by atoms with E-state index in [9.17, 15) is 14.9 Å². The van der Waals surface area contributed by atoms with Gasteiger partial charge < -0.3 is 10.1 Å². The van der Waals surface area contributed by atoms with Gasteiger partial charge in [-0.3, -0.25) is 15.1 Å². The SMILES string of the molecule is CC(NC(=O)OC(C)(C)C)C(Br)c1ccc2cnccc2c1[N+](=O)[O-]. The van der Waals surface area contributed by atoms with Gasteiger partial charge in [0.05, 0.1) is 15.1 Å². The predicted molar refractivity (Wildman–Crippen MR) is 98.9 cm³/mol. The maximum Gasteiger partial charge on any atom is 0.407 e. The van der Waals surface area contributed by atoms with Crippen LogP contribution in [0.2, 0.25) is 0 Å². The highest BCUT2D eigenvalue weighted by Gasteiger charge is 2.28. The lowest BCUT2D eigenvalue weighted by Crippen LogP contribution is -2.39. The number of amides is 1. The molecule has 2 atom stereocenters. The molecule has 7 nitrogen and oxygen atoms in total. The third kappa shape index (κ3) is 4.66. The first-order valence-corrected chi connectivity index (χ1v) is 8.66. The fraction of sp³-hybridized carbons (Fsp3) is 0.412. The monoisotopic (exact) mass is 409 g/mol. The summed E-state index contributed by atoms with van der Waals surface area (Å²) < 4.78 is 5.23. The Labute approximate surface area is 154 Å². The van der Waals surface area contributed by atoms with Crippen LogP contribution in [0, 0.1) is 10.1 Å². The first-order valence-electron chi connectivity index (χ1n) is 7.75. The van der Waals surface area contributed by atoms with Crippen molar-refractivity contribution in [2.24, 2.45) is 0 Å². The van der Waals surface area contributed by atoms with Gasteiger partial charge >= 0.3 is 6.09 Å². The molecule has 0 bridgehead atoms. The molecule has 8 heteroatoms. The van der Waals surface area contributed by atoms with E-state index in [0.717, 1.165) is 0 Å². The maximum absolute atomic E-state index is 11.9. The number of rotatable bonds is 4. The number of pyridine rings is 1. The second-order valence-corrected chi connectivity index (χ2v) is 7.68. The average Bonchev–Trinajstić information content (AvgIpc) is 2.50. The molecule has 0 spiro atoms. The molecule has 2 rings (SSSR count). The summed E-state index contributed by atoms with van der Waals surface area (Å²) in [4.78, 5) is 26.7. The lowest BCUT2D eigenvalue weighted by atomic mass is 10.0. The van der Waals surface area contributed by atoms with Gasteiger partial charge in [-0.05, 0) is 33.8 Å². The molecule has 1 N–H and O–H groups in total. The van der Waals surface area contributed by atoms with E-state index in [-0.39, 0.29) is 5.69 Å². The summed E-state index contributed by atoms with van der Waals surface area (Å²) >= 11 is 3.47. The van der Waals surface area contributed by atoms with Crippen LogP contribution in [0.1, 0.15) is 38.1 Å². The summed E-state index contributed by atoms with van der Waals surface area (Å²) in [7, 11) is 0. The van der Waals surface area contributed by atoms with E-state index in [1.54, 1.807) is 52.1 Å². The van der Waals surface area contributed by atoms with E-state index < -0.39 is 27.5 Å². The molecular formula is C17H20BrN3O4. The van der Waals surface area contributed by atoms with Crippen LogP contribution < -0.4 is 5.32 Å². The number of alkyl carbamates (subject to hydrolysis) is 1. The molecule has 0 saturated carbocycles. The van der Waals surface area contributed by atoms with Gasteiger partial charge in [-0.1, -0.05) is 28.1 Å². The van der Waals surface area contributed by atoms with Crippen LogP contribution in [0.25, 0.3) is 10.8 Å². The number of nitro benzene ring substituents is 1. The zero-order chi connectivity index (χ0) is 18.8. The normalized spacial score (nSPS) is 14.0. The molecule has 2 aromatic rings. The van der Waals surface area contributed by atoms with E-state index >= 15 is 0 Å². The number of alkyl halides is 1. The van der Waals surface area contributed by atoms with Crippen molar-refractivity contribution in [1.29, 1.82) is 0 Å². The zero-order valence-electron chi connectivity index (χ0n) is 14.4. The van der Waals surface area contributed by atoms with Gasteiger partial charge in [0, 0.05) is 29.4 Å². The molecule has 2 unspecified atom stereocenters. The van der Waals surface area contributed by atoms with Gasteiger partial charge in [0.15, 0.2) is 0 Å². The number of fused-ring (bicyclic) bond motifs is 1. The minimum absolute atomic E-state index is 0.000358. The number of aromatic nitrogens is 1. The molecule has 1 aromatic heterocycles. The summed E-state index contributed by atoms with van der Waals surface area (Å²) in [6, 6.07) is 4.64. The van der Waals surface area contributed by atoms with Crippen molar-refractivity contribution in [3.05, 3.63) is 46.3 Å². The van der Waals surface area contributed by atoms with Gasteiger partial charge in [-0.15, -0.1) is 0 Å². The van der Waals surface area contributed by atoms with E-state index in [1.807, 2.05) is 0 Å². The Kier molecular flexibility index (Phi) is 5.62. The van der Waals surface area contributed by atoms with Gasteiger partial charge in [0.2, 0.25) is 0 Å². The quantitative estimate of drug-likeness (QED) is 0.455. The Balaban J connectivity index is 2.32. The van der Waals surface area contributed by atoms with Crippen molar-refractivity contribution >= 4 is 38.5 Å². The molecule has 0 saturated heterocycles. The number of ether oxygens (including phenoxy) is 1. The molecule has 0 aliphatic rings. The lowest BCUT2D eigenvalue weighted by Gasteiger charge is -2.24. The van der Waals surface area contributed by atoms with Crippen LogP contribution in [0.5, 0.6) is 0 Å². The average molecular weight is 410 g/mol. The fourth-order valence-corrected chi connectivity index (χ4v) is 2.93. The summed E-state index contributed by atoms with van der Waals surface area (Å²) in [6.07, 6.45) is 2.53. The van der Waals surface area contributed by atoms with Crippen LogP contribution in [-0.4, -0.2) is 27.6 Å². The minimum Gasteiger partial charge on any atom is -0.444 e. The Hall–Kier alpha value is -2.22. The van der Waals surface area contributed by atoms with Crippen molar-refractivity contribution in [3.63, 3.8) is 0 Å². The third-order valence-corrected chi connectivity index (χ3v) is 4.77. The number of nitrogens with zero attached hydrogens (tertiary/aromatic N) is 2. The number of hydrogen-bond donors (Lipinski definition) is 1. The van der Waals surface area contributed by atoms with Crippen LogP contribution in [0.15, 0.2) is 30.6 Å². The highest BCUT2D eigenvalue weighted by Crippen LogP contribution is 2.38. The molecule has 1 amide bonds. The largest absolute Gasteiger partial charge is 0.444 e. The van der Waals surface area contributed by atoms with E-state index in [4.69, 9.17) is 4.74 Å². The van der Waals surface area contributed by atoms with Crippen LogP contribution >= 0.6 is 15.9 Å². The predicted octanol–water partition coefficient (Wildman–Crippen LogP) is 4.49. The van der Waals surface area contributed by atoms with Crippen LogP contribution in [-0.2, 0) is 4.74 Å². The number of nitro groups is 1. The summed E-state index contributed by atoms with van der Waals surface area (Å²) in [5.41, 5.74) is -0.139. The van der Waals surface area contributed by atoms with Gasteiger partial charge in [-0.25, -0.2) is 4.79 Å². The van der Waals surface area contributed by atoms with Crippen molar-refractivity contribution in [3.8, 4) is 0 Å². The number of carbonyl (C=O) groups is 1. The summed E-state index contributed by atoms with van der Waals surface area (Å²) in [6.45, 7) is 7.06. The van der Waals surface area contributed by atoms with Crippen molar-refractivity contribution in [2.75, 3.05) is 0 Å². The highest BCUT2D eigenvalue weighted by atomic mass is 79.9. The number of benzene rings is 1. The van der Waals surface area contributed by atoms with Crippen molar-refractivity contribution in [1.82, 2.24) is 10.3 Å². The van der Waals surface area contributed by atoms with Crippen molar-refractivity contribution in [2.45, 2.75) is 44.2 Å². The Morgan fingerprint density at radius 3 is 2.64 bits per heavy atom. The molecule has 0 fully saturated rings. The van der Waals surface area contributed by atoms with Gasteiger partial charge in [0.1, 0.15) is 5.60 Å². The Morgan fingerprint density at radius 2 is 2.04 bits per heavy atom. The van der Waals surface area contributed by atoms with E-state index in [0.29, 0.717) is 16.3 Å². The van der Waals surface area contributed by atoms with Crippen LogP contribution in [0.3, 0.4) is 0 Å². The Bertz CT molecular complexity index is 804. The van der Waals surface area contributed by atoms with Crippen molar-refractivity contribution < 1.29 is 14.5 Å². The van der Waals surface area contributed by atoms with Gasteiger partial charge in [0.25, 0.3) is 5.69 Å². The fourth-order valence-electron chi connectivity index (χ4n) is 2.43. The third-order valence-electron chi connectivity index (χ3n) is 3.49. The molecule has 0 aliphatic carbocycles. The molecular weight excluding hydrogens is 390 g/mol. The van der Waals surface area contributed by atoms with Crippen LogP contribution in [0.4, 0.5) is 10.5 Å². The zero-order valence-corrected chi connectivity index (χ0v) is 16.0. The number of halogens is 1. The second-order valence-electron chi connectivity index (χ2n) is 6.69. The Morgan fingerprint density at radius 1 is 1.36 bits per heavy atom. The van der Waals surface area contributed by atoms with E-state index in [2.05, 4.69) is 26.2 Å². The first kappa shape index (κ1) is 19.1. The molecule has 1 aromatic carbocycles. The molecule has 134 valence electrons. The first-order chi connectivity index (χ1) is 11.6. The summed E-state index contributed by atoms with van der Waals surface area (Å²) in [5, 5.41) is 15.5. The number of carbonyl (C=O) groups excluding carboxylic acids is 1. The minimum atomic E-state index is -0.618. The number of hydrogen-bond acceptors (Lipinski definition) is 5. The molecule has 0 aliphatic heterocycles. The second kappa shape index (κ2) is 7.35. The lowest BCUT2D eigenvalue weighted by molar-refractivity contribution is -0.383. The van der Waals surface area contributed by atoms with Gasteiger partial charge in [-0.2, -0.15) is 0 Å². The maximum atomic E-state index is 11.9.